The van der Waals surface area contributed by atoms with Crippen LogP contribution in [0.2, 0.25) is 0 Å². The molecule has 7 heteroatoms. The molecule has 0 aliphatic heterocycles. The Kier molecular flexibility index (Phi) is 4.52. The molecule has 106 valence electrons. The summed E-state index contributed by atoms with van der Waals surface area (Å²) in [6, 6.07) is 0. The van der Waals surface area contributed by atoms with E-state index in [0.717, 1.165) is 0 Å². The Morgan fingerprint density at radius 2 is 1.89 bits per heavy atom. The van der Waals surface area contributed by atoms with Crippen molar-refractivity contribution in [2.45, 2.75) is 45.8 Å². The highest BCUT2D eigenvalue weighted by molar-refractivity contribution is 7.13. The number of hydrogen-bond donors (Lipinski definition) is 2. The highest BCUT2D eigenvalue weighted by Crippen LogP contribution is 2.14. The van der Waals surface area contributed by atoms with Crippen molar-refractivity contribution in [3.05, 3.63) is 11.6 Å². The van der Waals surface area contributed by atoms with Gasteiger partial charge in [-0.1, -0.05) is 0 Å². The number of thiazole rings is 1. The summed E-state index contributed by atoms with van der Waals surface area (Å²) in [4.78, 5) is 27.6. The van der Waals surface area contributed by atoms with Crippen LogP contribution >= 0.6 is 11.3 Å². The maximum absolute atomic E-state index is 12.0. The second-order valence-electron chi connectivity index (χ2n) is 5.54. The number of nitrogens with one attached hydrogen (secondary N) is 2. The standard InChI is InChI=1S/C12H19N3O3S/c1-11(2,3)18-10(17)15-12(4,5)8(16)14-9-13-6-7-19-9/h6-7H,1-5H3,(H,15,17)(H,13,14,16). The van der Waals surface area contributed by atoms with Crippen LogP contribution in [0.1, 0.15) is 34.6 Å². The first kappa shape index (κ1) is 15.4. The summed E-state index contributed by atoms with van der Waals surface area (Å²) in [6.07, 6.45) is 0.959. The number of nitrogens with zero attached hydrogens (tertiary/aromatic N) is 1. The zero-order valence-corrected chi connectivity index (χ0v) is 12.6. The summed E-state index contributed by atoms with van der Waals surface area (Å²) in [5.41, 5.74) is -1.69. The molecule has 0 spiro atoms. The van der Waals surface area contributed by atoms with E-state index in [1.54, 1.807) is 46.2 Å². The first-order valence-electron chi connectivity index (χ1n) is 5.82. The van der Waals surface area contributed by atoms with Crippen LogP contribution < -0.4 is 10.6 Å². The van der Waals surface area contributed by atoms with Gasteiger partial charge in [-0.3, -0.25) is 10.1 Å². The summed E-state index contributed by atoms with van der Waals surface area (Å²) in [5.74, 6) is -0.353. The molecule has 0 aliphatic rings. The number of rotatable bonds is 3. The Bertz CT molecular complexity index is 449. The lowest BCUT2D eigenvalue weighted by molar-refractivity contribution is -0.121. The molecule has 1 rings (SSSR count). The number of hydrogen-bond acceptors (Lipinski definition) is 5. The second kappa shape index (κ2) is 5.56. The number of anilines is 1. The molecule has 0 radical (unpaired) electrons. The van der Waals surface area contributed by atoms with E-state index < -0.39 is 17.2 Å². The quantitative estimate of drug-likeness (QED) is 0.893. The van der Waals surface area contributed by atoms with Crippen LogP contribution in [0.4, 0.5) is 9.93 Å². The van der Waals surface area contributed by atoms with Gasteiger partial charge in [0.15, 0.2) is 5.13 Å². The Labute approximate surface area is 116 Å². The fraction of sp³-hybridized carbons (Fsp3) is 0.583. The van der Waals surface area contributed by atoms with Gasteiger partial charge in [0.05, 0.1) is 0 Å². The molecule has 2 amide bonds. The van der Waals surface area contributed by atoms with E-state index in [0.29, 0.717) is 5.13 Å². The van der Waals surface area contributed by atoms with Crippen molar-refractivity contribution in [1.82, 2.24) is 10.3 Å². The van der Waals surface area contributed by atoms with Crippen molar-refractivity contribution < 1.29 is 14.3 Å². The van der Waals surface area contributed by atoms with Gasteiger partial charge in [0.25, 0.3) is 5.91 Å². The first-order chi connectivity index (χ1) is 8.60. The zero-order valence-electron chi connectivity index (χ0n) is 11.7. The van der Waals surface area contributed by atoms with E-state index in [9.17, 15) is 9.59 Å². The summed E-state index contributed by atoms with van der Waals surface area (Å²) in [7, 11) is 0. The third kappa shape index (κ3) is 5.25. The van der Waals surface area contributed by atoms with Gasteiger partial charge in [-0.05, 0) is 34.6 Å². The molecule has 0 atom stereocenters. The Balaban J connectivity index is 2.59. The third-order valence-electron chi connectivity index (χ3n) is 2.03. The van der Waals surface area contributed by atoms with Crippen molar-refractivity contribution in [3.63, 3.8) is 0 Å². The van der Waals surface area contributed by atoms with E-state index >= 15 is 0 Å². The predicted octanol–water partition coefficient (Wildman–Crippen LogP) is 2.38. The van der Waals surface area contributed by atoms with Crippen molar-refractivity contribution in [2.24, 2.45) is 0 Å². The lowest BCUT2D eigenvalue weighted by Crippen LogP contribution is -2.53. The molecule has 19 heavy (non-hydrogen) atoms. The van der Waals surface area contributed by atoms with Crippen LogP contribution in [0, 0.1) is 0 Å². The number of alkyl carbamates (subject to hydrolysis) is 1. The Morgan fingerprint density at radius 3 is 2.37 bits per heavy atom. The van der Waals surface area contributed by atoms with Crippen LogP contribution in [0.3, 0.4) is 0 Å². The fourth-order valence-corrected chi connectivity index (χ4v) is 1.68. The lowest BCUT2D eigenvalue weighted by atomic mass is 10.1. The summed E-state index contributed by atoms with van der Waals surface area (Å²) in [6.45, 7) is 8.47. The van der Waals surface area contributed by atoms with Crippen molar-refractivity contribution >= 4 is 28.5 Å². The minimum Gasteiger partial charge on any atom is -0.444 e. The van der Waals surface area contributed by atoms with Crippen LogP contribution in [0.5, 0.6) is 0 Å². The molecule has 0 saturated carbocycles. The molecule has 2 N–H and O–H groups in total. The third-order valence-corrected chi connectivity index (χ3v) is 2.72. The topological polar surface area (TPSA) is 80.3 Å². The molecule has 0 aromatic carbocycles. The summed E-state index contributed by atoms with van der Waals surface area (Å²) < 4.78 is 5.12. The molecule has 1 aromatic heterocycles. The Morgan fingerprint density at radius 1 is 1.26 bits per heavy atom. The molecule has 1 heterocycles. The monoisotopic (exact) mass is 285 g/mol. The predicted molar refractivity (Wildman–Crippen MR) is 74.2 cm³/mol. The average molecular weight is 285 g/mol. The minimum atomic E-state index is -1.09. The highest BCUT2D eigenvalue weighted by atomic mass is 32.1. The number of ether oxygens (including phenoxy) is 1. The molecule has 0 saturated heterocycles. The van der Waals surface area contributed by atoms with Gasteiger partial charge in [-0.15, -0.1) is 11.3 Å². The van der Waals surface area contributed by atoms with Gasteiger partial charge in [-0.2, -0.15) is 0 Å². The summed E-state index contributed by atoms with van der Waals surface area (Å²) >= 11 is 1.31. The van der Waals surface area contributed by atoms with E-state index in [1.807, 2.05) is 0 Å². The maximum Gasteiger partial charge on any atom is 0.408 e. The van der Waals surface area contributed by atoms with Crippen molar-refractivity contribution in [1.29, 1.82) is 0 Å². The van der Waals surface area contributed by atoms with E-state index in [4.69, 9.17) is 4.74 Å². The van der Waals surface area contributed by atoms with Crippen molar-refractivity contribution in [3.8, 4) is 0 Å². The highest BCUT2D eigenvalue weighted by Gasteiger charge is 2.31. The zero-order chi connectivity index (χ0) is 14.7. The number of aromatic nitrogens is 1. The van der Waals surface area contributed by atoms with E-state index in [1.165, 1.54) is 11.3 Å². The van der Waals surface area contributed by atoms with Crippen LogP contribution in [0.15, 0.2) is 11.6 Å². The van der Waals surface area contributed by atoms with Crippen LogP contribution in [0.25, 0.3) is 0 Å². The minimum absolute atomic E-state index is 0.353. The number of amides is 2. The molecular formula is C12H19N3O3S. The van der Waals surface area contributed by atoms with Gasteiger partial charge in [0.2, 0.25) is 0 Å². The molecule has 0 unspecified atom stereocenters. The Hall–Kier alpha value is -1.63. The largest absolute Gasteiger partial charge is 0.444 e. The van der Waals surface area contributed by atoms with E-state index in [-0.39, 0.29) is 5.91 Å². The average Bonchev–Trinajstić information content (AvgIpc) is 2.65. The fourth-order valence-electron chi connectivity index (χ4n) is 1.15. The van der Waals surface area contributed by atoms with Crippen LogP contribution in [-0.4, -0.2) is 28.1 Å². The smallest absolute Gasteiger partial charge is 0.408 e. The summed E-state index contributed by atoms with van der Waals surface area (Å²) in [5, 5.41) is 7.40. The molecule has 0 aliphatic carbocycles. The SMILES string of the molecule is CC(C)(C)OC(=O)NC(C)(C)C(=O)Nc1nccs1. The van der Waals surface area contributed by atoms with Gasteiger partial charge in [0, 0.05) is 11.6 Å². The lowest BCUT2D eigenvalue weighted by Gasteiger charge is -2.27. The first-order valence-corrected chi connectivity index (χ1v) is 6.70. The second-order valence-corrected chi connectivity index (χ2v) is 6.44. The van der Waals surface area contributed by atoms with Crippen molar-refractivity contribution in [2.75, 3.05) is 5.32 Å². The van der Waals surface area contributed by atoms with Gasteiger partial charge >= 0.3 is 6.09 Å². The molecule has 1 aromatic rings. The van der Waals surface area contributed by atoms with Gasteiger partial charge < -0.3 is 10.1 Å². The van der Waals surface area contributed by atoms with Crippen LogP contribution in [-0.2, 0) is 9.53 Å². The number of carbonyl (C=O) groups is 2. The molecule has 0 bridgehead atoms. The molecule has 0 fully saturated rings. The van der Waals surface area contributed by atoms with E-state index in [2.05, 4.69) is 15.6 Å². The maximum atomic E-state index is 12.0. The van der Waals surface area contributed by atoms with Gasteiger partial charge in [0.1, 0.15) is 11.1 Å². The number of carbonyl (C=O) groups excluding carboxylic acids is 2. The van der Waals surface area contributed by atoms with Gasteiger partial charge in [-0.25, -0.2) is 9.78 Å². The molecule has 6 nitrogen and oxygen atoms in total. The normalized spacial score (nSPS) is 11.8. The molecular weight excluding hydrogens is 266 g/mol.